The fourth-order valence-electron chi connectivity index (χ4n) is 3.76. The van der Waals surface area contributed by atoms with E-state index in [4.69, 9.17) is 4.74 Å². The standard InChI is InChI=1S/C22H26N6O2/c1-30-20-8-3-2-7-19(20)25-22(29)26-21-9-13-24-28(21)18-10-14-27(15-11-18)16-17-6-4-5-12-23-17/h2-9,12-13,18H,10-11,14-16H2,1H3,(H2,25,26,29). The van der Waals surface area contributed by atoms with Crippen molar-refractivity contribution in [3.05, 3.63) is 66.6 Å². The molecular formula is C22H26N6O2. The maximum absolute atomic E-state index is 12.5. The fourth-order valence-corrected chi connectivity index (χ4v) is 3.76. The average Bonchev–Trinajstić information content (AvgIpc) is 3.23. The van der Waals surface area contributed by atoms with Crippen molar-refractivity contribution in [1.29, 1.82) is 0 Å². The van der Waals surface area contributed by atoms with E-state index < -0.39 is 0 Å². The highest BCUT2D eigenvalue weighted by molar-refractivity contribution is 6.00. The van der Waals surface area contributed by atoms with Crippen LogP contribution < -0.4 is 15.4 Å². The molecule has 1 aliphatic heterocycles. The Morgan fingerprint density at radius 3 is 2.63 bits per heavy atom. The van der Waals surface area contributed by atoms with Crippen molar-refractivity contribution in [2.75, 3.05) is 30.8 Å². The molecule has 2 amide bonds. The molecule has 1 fully saturated rings. The smallest absolute Gasteiger partial charge is 0.324 e. The minimum atomic E-state index is -0.325. The van der Waals surface area contributed by atoms with Gasteiger partial charge in [0.15, 0.2) is 0 Å². The highest BCUT2D eigenvalue weighted by Gasteiger charge is 2.23. The van der Waals surface area contributed by atoms with Crippen LogP contribution in [0.15, 0.2) is 60.9 Å². The van der Waals surface area contributed by atoms with Gasteiger partial charge in [-0.25, -0.2) is 9.48 Å². The summed E-state index contributed by atoms with van der Waals surface area (Å²) in [5, 5.41) is 10.2. The van der Waals surface area contributed by atoms with Gasteiger partial charge in [0, 0.05) is 31.9 Å². The molecule has 1 saturated heterocycles. The topological polar surface area (TPSA) is 84.3 Å². The molecule has 0 aliphatic carbocycles. The second-order valence-corrected chi connectivity index (χ2v) is 7.27. The van der Waals surface area contributed by atoms with Crippen molar-refractivity contribution in [3.8, 4) is 5.75 Å². The minimum absolute atomic E-state index is 0.251. The Labute approximate surface area is 175 Å². The summed E-state index contributed by atoms with van der Waals surface area (Å²) in [5.74, 6) is 1.30. The van der Waals surface area contributed by atoms with E-state index in [1.54, 1.807) is 25.4 Å². The van der Waals surface area contributed by atoms with Crippen LogP contribution in [0.3, 0.4) is 0 Å². The number of para-hydroxylation sites is 2. The number of amides is 2. The number of benzene rings is 1. The van der Waals surface area contributed by atoms with Gasteiger partial charge >= 0.3 is 6.03 Å². The number of hydrogen-bond donors (Lipinski definition) is 2. The Hall–Kier alpha value is -3.39. The second-order valence-electron chi connectivity index (χ2n) is 7.27. The predicted octanol–water partition coefficient (Wildman–Crippen LogP) is 3.77. The van der Waals surface area contributed by atoms with E-state index in [2.05, 4.69) is 31.7 Å². The van der Waals surface area contributed by atoms with Gasteiger partial charge in [-0.15, -0.1) is 0 Å². The lowest BCUT2D eigenvalue weighted by Crippen LogP contribution is -2.35. The van der Waals surface area contributed by atoms with Crippen LogP contribution in [0, 0.1) is 0 Å². The normalized spacial score (nSPS) is 15.0. The molecule has 3 heterocycles. The zero-order valence-electron chi connectivity index (χ0n) is 17.0. The van der Waals surface area contributed by atoms with Gasteiger partial charge in [0.2, 0.25) is 0 Å². The van der Waals surface area contributed by atoms with Crippen molar-refractivity contribution in [1.82, 2.24) is 19.7 Å². The third-order valence-corrected chi connectivity index (χ3v) is 5.28. The van der Waals surface area contributed by atoms with E-state index in [0.717, 1.165) is 38.2 Å². The van der Waals surface area contributed by atoms with Crippen molar-refractivity contribution in [3.63, 3.8) is 0 Å². The molecule has 0 atom stereocenters. The number of ether oxygens (including phenoxy) is 1. The number of nitrogens with zero attached hydrogens (tertiary/aromatic N) is 4. The average molecular weight is 406 g/mol. The van der Waals surface area contributed by atoms with Crippen molar-refractivity contribution in [2.45, 2.75) is 25.4 Å². The van der Waals surface area contributed by atoms with Gasteiger partial charge < -0.3 is 10.1 Å². The van der Waals surface area contributed by atoms with Crippen LogP contribution in [0.4, 0.5) is 16.3 Å². The maximum atomic E-state index is 12.5. The first-order valence-electron chi connectivity index (χ1n) is 10.1. The van der Waals surface area contributed by atoms with Crippen LogP contribution in [-0.2, 0) is 6.54 Å². The third-order valence-electron chi connectivity index (χ3n) is 5.28. The Kier molecular flexibility index (Phi) is 6.24. The van der Waals surface area contributed by atoms with Gasteiger partial charge in [0.05, 0.1) is 30.7 Å². The number of piperidine rings is 1. The van der Waals surface area contributed by atoms with Gasteiger partial charge in [-0.1, -0.05) is 18.2 Å². The van der Waals surface area contributed by atoms with Crippen LogP contribution >= 0.6 is 0 Å². The van der Waals surface area contributed by atoms with E-state index in [0.29, 0.717) is 17.3 Å². The SMILES string of the molecule is COc1ccccc1NC(=O)Nc1ccnn1C1CCN(Cc2ccccn2)CC1. The molecule has 0 unspecified atom stereocenters. The highest BCUT2D eigenvalue weighted by Crippen LogP contribution is 2.27. The summed E-state index contributed by atoms with van der Waals surface area (Å²) in [7, 11) is 1.58. The molecule has 2 N–H and O–H groups in total. The molecule has 8 nitrogen and oxygen atoms in total. The van der Waals surface area contributed by atoms with E-state index in [-0.39, 0.29) is 12.1 Å². The van der Waals surface area contributed by atoms with Gasteiger partial charge in [0.1, 0.15) is 11.6 Å². The molecular weight excluding hydrogens is 380 g/mol. The van der Waals surface area contributed by atoms with E-state index in [1.165, 1.54) is 0 Å². The zero-order chi connectivity index (χ0) is 20.8. The lowest BCUT2D eigenvalue weighted by Gasteiger charge is -2.32. The summed E-state index contributed by atoms with van der Waals surface area (Å²) in [6.45, 7) is 2.79. The van der Waals surface area contributed by atoms with Crippen LogP contribution in [0.2, 0.25) is 0 Å². The number of nitrogens with one attached hydrogen (secondary N) is 2. The van der Waals surface area contributed by atoms with Crippen LogP contribution in [0.1, 0.15) is 24.6 Å². The van der Waals surface area contributed by atoms with Crippen LogP contribution in [-0.4, -0.2) is 45.9 Å². The number of carbonyl (C=O) groups is 1. The number of methoxy groups -OCH3 is 1. The van der Waals surface area contributed by atoms with E-state index >= 15 is 0 Å². The number of carbonyl (C=O) groups excluding carboxylic acids is 1. The molecule has 156 valence electrons. The Balaban J connectivity index is 1.34. The van der Waals surface area contributed by atoms with Crippen molar-refractivity contribution in [2.24, 2.45) is 0 Å². The number of anilines is 2. The molecule has 1 aromatic carbocycles. The summed E-state index contributed by atoms with van der Waals surface area (Å²) in [6, 6.07) is 15.1. The molecule has 4 rings (SSSR count). The highest BCUT2D eigenvalue weighted by atomic mass is 16.5. The monoisotopic (exact) mass is 406 g/mol. The summed E-state index contributed by atoms with van der Waals surface area (Å²) >= 11 is 0. The molecule has 0 radical (unpaired) electrons. The van der Waals surface area contributed by atoms with Gasteiger partial charge in [0.25, 0.3) is 0 Å². The molecule has 0 saturated carbocycles. The first kappa shape index (κ1) is 19.9. The predicted molar refractivity (Wildman–Crippen MR) is 116 cm³/mol. The number of rotatable bonds is 6. The Bertz CT molecular complexity index is 967. The lowest BCUT2D eigenvalue weighted by molar-refractivity contribution is 0.172. The second kappa shape index (κ2) is 9.41. The first-order valence-corrected chi connectivity index (χ1v) is 10.1. The zero-order valence-corrected chi connectivity index (χ0v) is 17.0. The Morgan fingerprint density at radius 2 is 1.87 bits per heavy atom. The molecule has 3 aromatic rings. The minimum Gasteiger partial charge on any atom is -0.495 e. The van der Waals surface area contributed by atoms with Crippen LogP contribution in [0.25, 0.3) is 0 Å². The maximum Gasteiger partial charge on any atom is 0.324 e. The van der Waals surface area contributed by atoms with Gasteiger partial charge in [-0.05, 0) is 37.1 Å². The number of urea groups is 1. The summed E-state index contributed by atoms with van der Waals surface area (Å²) in [5.41, 5.74) is 1.71. The quantitative estimate of drug-likeness (QED) is 0.651. The van der Waals surface area contributed by atoms with Gasteiger partial charge in [-0.3, -0.25) is 15.2 Å². The Morgan fingerprint density at radius 1 is 1.07 bits per heavy atom. The van der Waals surface area contributed by atoms with Crippen molar-refractivity contribution < 1.29 is 9.53 Å². The molecule has 2 aromatic heterocycles. The molecule has 1 aliphatic rings. The number of pyridine rings is 1. The largest absolute Gasteiger partial charge is 0.495 e. The number of likely N-dealkylation sites (tertiary alicyclic amines) is 1. The van der Waals surface area contributed by atoms with Gasteiger partial charge in [-0.2, -0.15) is 5.10 Å². The lowest BCUT2D eigenvalue weighted by atomic mass is 10.0. The molecule has 30 heavy (non-hydrogen) atoms. The molecule has 0 bridgehead atoms. The third kappa shape index (κ3) is 4.77. The van der Waals surface area contributed by atoms with Crippen molar-refractivity contribution >= 4 is 17.5 Å². The summed E-state index contributed by atoms with van der Waals surface area (Å²) in [4.78, 5) is 19.3. The molecule has 8 heteroatoms. The summed E-state index contributed by atoms with van der Waals surface area (Å²) < 4.78 is 7.20. The van der Waals surface area contributed by atoms with E-state index in [9.17, 15) is 4.79 Å². The first-order chi connectivity index (χ1) is 14.7. The number of aromatic nitrogens is 3. The number of hydrogen-bond acceptors (Lipinski definition) is 5. The fraction of sp³-hybridized carbons (Fsp3) is 0.318. The van der Waals surface area contributed by atoms with E-state index in [1.807, 2.05) is 41.2 Å². The summed E-state index contributed by atoms with van der Waals surface area (Å²) in [6.07, 6.45) is 5.49. The molecule has 0 spiro atoms. The van der Waals surface area contributed by atoms with Crippen LogP contribution in [0.5, 0.6) is 5.75 Å².